The summed E-state index contributed by atoms with van der Waals surface area (Å²) in [6.07, 6.45) is 0.691. The predicted octanol–water partition coefficient (Wildman–Crippen LogP) is 7.21. The minimum absolute atomic E-state index is 0.0155. The largest absolute Gasteiger partial charge is 0.507 e. The Balaban J connectivity index is 1.55. The van der Waals surface area contributed by atoms with Crippen molar-refractivity contribution in [1.29, 1.82) is 0 Å². The number of fused-ring (bicyclic) bond motifs is 2. The zero-order valence-electron chi connectivity index (χ0n) is 19.2. The van der Waals surface area contributed by atoms with Gasteiger partial charge in [-0.2, -0.15) is 0 Å². The van der Waals surface area contributed by atoms with Crippen molar-refractivity contribution in [2.24, 2.45) is 0 Å². The highest BCUT2D eigenvalue weighted by atomic mass is 35.5. The van der Waals surface area contributed by atoms with Gasteiger partial charge in [0.15, 0.2) is 5.13 Å². The molecule has 1 fully saturated rings. The molecular formula is C27H17Cl3N2O4S. The zero-order valence-corrected chi connectivity index (χ0v) is 22.3. The van der Waals surface area contributed by atoms with Gasteiger partial charge >= 0.3 is 5.91 Å². The number of amides is 1. The second-order valence-corrected chi connectivity index (χ2v) is 11.2. The Morgan fingerprint density at radius 1 is 1.05 bits per heavy atom. The number of carbonyl (C=O) groups is 2. The van der Waals surface area contributed by atoms with E-state index in [-0.39, 0.29) is 22.5 Å². The van der Waals surface area contributed by atoms with E-state index in [0.717, 1.165) is 16.0 Å². The molecule has 0 bridgehead atoms. The van der Waals surface area contributed by atoms with Crippen molar-refractivity contribution in [3.8, 4) is 5.75 Å². The Labute approximate surface area is 230 Å². The second kappa shape index (κ2) is 9.03. The second-order valence-electron chi connectivity index (χ2n) is 8.91. The fourth-order valence-electron chi connectivity index (χ4n) is 4.74. The highest BCUT2D eigenvalue weighted by Gasteiger charge is 2.48. The van der Waals surface area contributed by atoms with Crippen LogP contribution in [0.15, 0.2) is 60.2 Å². The van der Waals surface area contributed by atoms with E-state index in [0.29, 0.717) is 38.2 Å². The number of Topliss-reactive ketones (excluding diaryl/α,β-unsaturated/α-hetero) is 1. The average molecular weight is 572 g/mol. The van der Waals surface area contributed by atoms with Crippen molar-refractivity contribution in [3.63, 3.8) is 0 Å². The zero-order chi connectivity index (χ0) is 26.0. The van der Waals surface area contributed by atoms with E-state index in [1.54, 1.807) is 54.6 Å². The Hall–Kier alpha value is -3.10. The van der Waals surface area contributed by atoms with Gasteiger partial charge < -0.3 is 9.84 Å². The number of aliphatic hydroxyl groups excluding tert-OH is 1. The van der Waals surface area contributed by atoms with Gasteiger partial charge in [0.05, 0.1) is 31.9 Å². The van der Waals surface area contributed by atoms with Crippen molar-refractivity contribution in [2.45, 2.75) is 25.5 Å². The molecule has 4 aromatic rings. The van der Waals surface area contributed by atoms with Gasteiger partial charge in [-0.3, -0.25) is 14.5 Å². The SMILES string of the molecule is C[C@@H]1Cc2cc(/C(O)=C3\C(=O)C(=O)N(c4nc5ccc(Cl)cc5s4)[C@H]3c3ccc(Cl)c(Cl)c3)ccc2O1. The van der Waals surface area contributed by atoms with Crippen LogP contribution in [-0.2, 0) is 16.0 Å². The number of ether oxygens (including phenoxy) is 1. The van der Waals surface area contributed by atoms with Crippen LogP contribution >= 0.6 is 46.1 Å². The van der Waals surface area contributed by atoms with Crippen molar-refractivity contribution in [2.75, 3.05) is 4.90 Å². The van der Waals surface area contributed by atoms with E-state index >= 15 is 0 Å². The molecule has 2 aliphatic heterocycles. The summed E-state index contributed by atoms with van der Waals surface area (Å²) >= 11 is 19.8. The van der Waals surface area contributed by atoms with Crippen LogP contribution < -0.4 is 9.64 Å². The van der Waals surface area contributed by atoms with Gasteiger partial charge in [0.25, 0.3) is 5.78 Å². The van der Waals surface area contributed by atoms with E-state index in [1.165, 1.54) is 16.2 Å². The first-order chi connectivity index (χ1) is 17.7. The molecule has 6 nitrogen and oxygen atoms in total. The van der Waals surface area contributed by atoms with Gasteiger partial charge in [0, 0.05) is 17.0 Å². The number of nitrogens with zero attached hydrogens (tertiary/aromatic N) is 2. The Kier molecular flexibility index (Phi) is 5.92. The summed E-state index contributed by atoms with van der Waals surface area (Å²) < 4.78 is 6.52. The molecule has 1 amide bonds. The number of rotatable bonds is 3. The summed E-state index contributed by atoms with van der Waals surface area (Å²) in [6.45, 7) is 1.96. The van der Waals surface area contributed by atoms with Crippen molar-refractivity contribution in [1.82, 2.24) is 4.98 Å². The summed E-state index contributed by atoms with van der Waals surface area (Å²) in [5, 5.41) is 12.9. The number of carbonyl (C=O) groups excluding carboxylic acids is 2. The number of aromatic nitrogens is 1. The number of ketones is 1. The Morgan fingerprint density at radius 2 is 1.86 bits per heavy atom. The number of hydrogen-bond donors (Lipinski definition) is 1. The van der Waals surface area contributed by atoms with Crippen molar-refractivity contribution < 1.29 is 19.4 Å². The van der Waals surface area contributed by atoms with Crippen LogP contribution in [0.2, 0.25) is 15.1 Å². The van der Waals surface area contributed by atoms with Gasteiger partial charge in [0.1, 0.15) is 17.6 Å². The average Bonchev–Trinajstić information content (AvgIpc) is 3.52. The molecule has 2 aliphatic rings. The summed E-state index contributed by atoms with van der Waals surface area (Å²) in [6, 6.07) is 14.3. The number of anilines is 1. The minimum atomic E-state index is -0.978. The Bertz CT molecular complexity index is 1660. The fourth-order valence-corrected chi connectivity index (χ4v) is 6.32. The monoisotopic (exact) mass is 570 g/mol. The number of aliphatic hydroxyl groups is 1. The number of thiazole rings is 1. The van der Waals surface area contributed by atoms with Crippen LogP contribution in [0.25, 0.3) is 16.0 Å². The number of hydrogen-bond acceptors (Lipinski definition) is 6. The molecule has 0 aliphatic carbocycles. The maximum Gasteiger partial charge on any atom is 0.301 e. The first kappa shape index (κ1) is 24.2. The standard InChI is InChI=1S/C27H17Cl3N2O4S/c1-12-8-15-9-14(3-7-20(15)36-12)24(33)22-23(13-2-5-17(29)18(30)10-13)32(26(35)25(22)34)27-31-19-6-4-16(28)11-21(19)37-27/h2-7,9-12,23,33H,8H2,1H3/b24-22+/t12-,23+/m1/s1. The normalized spacial score (nSPS) is 20.5. The molecule has 0 radical (unpaired) electrons. The molecule has 3 aromatic carbocycles. The molecule has 0 saturated carbocycles. The van der Waals surface area contributed by atoms with Crippen molar-refractivity contribution in [3.05, 3.63) is 91.9 Å². The molecule has 6 rings (SSSR count). The van der Waals surface area contributed by atoms with Gasteiger partial charge in [-0.1, -0.05) is 52.2 Å². The highest BCUT2D eigenvalue weighted by molar-refractivity contribution is 7.22. The lowest BCUT2D eigenvalue weighted by Crippen LogP contribution is -2.29. The van der Waals surface area contributed by atoms with Crippen LogP contribution in [-0.4, -0.2) is 27.9 Å². The molecule has 3 heterocycles. The Morgan fingerprint density at radius 3 is 2.65 bits per heavy atom. The molecular weight excluding hydrogens is 555 g/mol. The van der Waals surface area contributed by atoms with Gasteiger partial charge in [0.2, 0.25) is 0 Å². The summed E-state index contributed by atoms with van der Waals surface area (Å²) in [4.78, 5) is 32.8. The van der Waals surface area contributed by atoms with Crippen LogP contribution in [0.1, 0.15) is 29.7 Å². The lowest BCUT2D eigenvalue weighted by Gasteiger charge is -2.23. The van der Waals surface area contributed by atoms with Crippen LogP contribution in [0.3, 0.4) is 0 Å². The third-order valence-corrected chi connectivity index (χ3v) is 8.41. The van der Waals surface area contributed by atoms with Gasteiger partial charge in [-0.05, 0) is 66.6 Å². The minimum Gasteiger partial charge on any atom is -0.507 e. The van der Waals surface area contributed by atoms with Crippen LogP contribution in [0, 0.1) is 0 Å². The van der Waals surface area contributed by atoms with E-state index in [1.807, 2.05) is 6.92 Å². The van der Waals surface area contributed by atoms with Gasteiger partial charge in [-0.15, -0.1) is 0 Å². The van der Waals surface area contributed by atoms with E-state index in [9.17, 15) is 14.7 Å². The maximum atomic E-state index is 13.5. The fraction of sp³-hybridized carbons (Fsp3) is 0.148. The first-order valence-corrected chi connectivity index (χ1v) is 13.3. The number of halogens is 3. The summed E-state index contributed by atoms with van der Waals surface area (Å²) in [7, 11) is 0. The van der Waals surface area contributed by atoms with E-state index in [2.05, 4.69) is 4.98 Å². The summed E-state index contributed by atoms with van der Waals surface area (Å²) in [5.41, 5.74) is 2.40. The number of benzene rings is 3. The van der Waals surface area contributed by atoms with Crippen LogP contribution in [0.5, 0.6) is 5.75 Å². The topological polar surface area (TPSA) is 79.7 Å². The molecule has 2 atom stereocenters. The van der Waals surface area contributed by atoms with Crippen LogP contribution in [0.4, 0.5) is 5.13 Å². The molecule has 37 heavy (non-hydrogen) atoms. The molecule has 1 saturated heterocycles. The molecule has 1 N–H and O–H groups in total. The summed E-state index contributed by atoms with van der Waals surface area (Å²) in [5.74, 6) is -1.18. The predicted molar refractivity (Wildman–Crippen MR) is 146 cm³/mol. The molecule has 186 valence electrons. The first-order valence-electron chi connectivity index (χ1n) is 11.3. The third-order valence-electron chi connectivity index (χ3n) is 6.42. The van der Waals surface area contributed by atoms with Crippen molar-refractivity contribution >= 4 is 78.9 Å². The lowest BCUT2D eigenvalue weighted by molar-refractivity contribution is -0.132. The molecule has 0 unspecified atom stereocenters. The lowest BCUT2D eigenvalue weighted by atomic mass is 9.94. The smallest absolute Gasteiger partial charge is 0.301 e. The highest BCUT2D eigenvalue weighted by Crippen LogP contribution is 2.46. The van der Waals surface area contributed by atoms with E-state index < -0.39 is 17.7 Å². The molecule has 10 heteroatoms. The molecule has 1 aromatic heterocycles. The molecule has 0 spiro atoms. The van der Waals surface area contributed by atoms with E-state index in [4.69, 9.17) is 39.5 Å². The quantitative estimate of drug-likeness (QED) is 0.160. The third kappa shape index (κ3) is 4.07. The van der Waals surface area contributed by atoms with Gasteiger partial charge in [-0.25, -0.2) is 4.98 Å². The maximum absolute atomic E-state index is 13.5.